The highest BCUT2D eigenvalue weighted by Gasteiger charge is 2.38. The summed E-state index contributed by atoms with van der Waals surface area (Å²) in [5.41, 5.74) is 0.0682. The molecule has 5 nitrogen and oxygen atoms in total. The van der Waals surface area contributed by atoms with Crippen LogP contribution >= 0.6 is 0 Å². The Hall–Kier alpha value is -0.810. The molecule has 1 aliphatic carbocycles. The third-order valence-electron chi connectivity index (χ3n) is 4.59. The van der Waals surface area contributed by atoms with Crippen molar-refractivity contribution in [3.05, 3.63) is 0 Å². The standard InChI is InChI=1S/C15H29N3O2/c1-3-4-12-9-13(12)18-14(16-2)17-10-15(5-7-19)6-8-20-11-15/h12-13,19H,3-11H2,1-2H3,(H2,16,17,18). The molecule has 2 rings (SSSR count). The van der Waals surface area contributed by atoms with E-state index in [1.165, 1.54) is 19.3 Å². The number of hydrogen-bond donors (Lipinski definition) is 3. The SMILES string of the molecule is CCCC1CC1NC(=NC)NCC1(CCO)CCOC1. The van der Waals surface area contributed by atoms with E-state index in [0.29, 0.717) is 6.04 Å². The van der Waals surface area contributed by atoms with Gasteiger partial charge in [-0.2, -0.15) is 0 Å². The summed E-state index contributed by atoms with van der Waals surface area (Å²) in [6.45, 7) is 4.81. The quantitative estimate of drug-likeness (QED) is 0.484. The minimum atomic E-state index is 0.0682. The topological polar surface area (TPSA) is 65.9 Å². The molecule has 5 heteroatoms. The average Bonchev–Trinajstić information content (AvgIpc) is 3.00. The Balaban J connectivity index is 1.76. The third-order valence-corrected chi connectivity index (χ3v) is 4.59. The second kappa shape index (κ2) is 7.27. The molecule has 0 aromatic heterocycles. The molecular weight excluding hydrogens is 254 g/mol. The van der Waals surface area contributed by atoms with Crippen molar-refractivity contribution in [2.45, 2.75) is 45.1 Å². The molecule has 0 amide bonds. The lowest BCUT2D eigenvalue weighted by molar-refractivity contribution is 0.127. The summed E-state index contributed by atoms with van der Waals surface area (Å²) in [7, 11) is 1.82. The second-order valence-electron chi connectivity index (χ2n) is 6.24. The van der Waals surface area contributed by atoms with Gasteiger partial charge in [0.05, 0.1) is 6.61 Å². The van der Waals surface area contributed by atoms with Crippen LogP contribution in [0.1, 0.15) is 39.0 Å². The van der Waals surface area contributed by atoms with E-state index < -0.39 is 0 Å². The zero-order valence-electron chi connectivity index (χ0n) is 12.8. The molecule has 2 fully saturated rings. The van der Waals surface area contributed by atoms with E-state index in [1.54, 1.807) is 0 Å². The highest BCUT2D eigenvalue weighted by molar-refractivity contribution is 5.80. The van der Waals surface area contributed by atoms with E-state index in [4.69, 9.17) is 4.74 Å². The molecule has 1 aliphatic heterocycles. The molecule has 116 valence electrons. The zero-order valence-corrected chi connectivity index (χ0v) is 12.8. The molecule has 1 heterocycles. The molecule has 1 saturated carbocycles. The maximum absolute atomic E-state index is 9.23. The van der Waals surface area contributed by atoms with Gasteiger partial charge in [-0.05, 0) is 31.6 Å². The fourth-order valence-electron chi connectivity index (χ4n) is 3.07. The summed E-state index contributed by atoms with van der Waals surface area (Å²) in [5.74, 6) is 1.71. The van der Waals surface area contributed by atoms with Crippen molar-refractivity contribution in [3.63, 3.8) is 0 Å². The fourth-order valence-corrected chi connectivity index (χ4v) is 3.07. The molecule has 3 atom stereocenters. The van der Waals surface area contributed by atoms with Crippen LogP contribution in [0.4, 0.5) is 0 Å². The first-order chi connectivity index (χ1) is 9.73. The van der Waals surface area contributed by atoms with Crippen molar-refractivity contribution in [2.75, 3.05) is 33.4 Å². The van der Waals surface area contributed by atoms with Crippen LogP contribution in [0.2, 0.25) is 0 Å². The van der Waals surface area contributed by atoms with Gasteiger partial charge in [0.25, 0.3) is 0 Å². The number of rotatable bonds is 7. The Morgan fingerprint density at radius 3 is 2.95 bits per heavy atom. The van der Waals surface area contributed by atoms with E-state index in [1.807, 2.05) is 7.05 Å². The van der Waals surface area contributed by atoms with E-state index in [2.05, 4.69) is 22.5 Å². The molecule has 3 N–H and O–H groups in total. The van der Waals surface area contributed by atoms with Crippen molar-refractivity contribution >= 4 is 5.96 Å². The lowest BCUT2D eigenvalue weighted by Gasteiger charge is -2.27. The molecule has 2 aliphatic rings. The van der Waals surface area contributed by atoms with Gasteiger partial charge in [0, 0.05) is 38.3 Å². The summed E-state index contributed by atoms with van der Waals surface area (Å²) in [6, 6.07) is 0.592. The summed E-state index contributed by atoms with van der Waals surface area (Å²) < 4.78 is 5.51. The van der Waals surface area contributed by atoms with Gasteiger partial charge in [-0.3, -0.25) is 4.99 Å². The number of ether oxygens (including phenoxy) is 1. The van der Waals surface area contributed by atoms with Crippen LogP contribution in [0.3, 0.4) is 0 Å². The maximum atomic E-state index is 9.23. The molecule has 0 spiro atoms. The van der Waals surface area contributed by atoms with E-state index in [0.717, 1.165) is 44.5 Å². The molecule has 0 aromatic rings. The van der Waals surface area contributed by atoms with Crippen molar-refractivity contribution in [2.24, 2.45) is 16.3 Å². The summed E-state index contributed by atoms with van der Waals surface area (Å²) in [5, 5.41) is 16.1. The third kappa shape index (κ3) is 4.09. The Morgan fingerprint density at radius 1 is 1.50 bits per heavy atom. The van der Waals surface area contributed by atoms with Gasteiger partial charge in [-0.15, -0.1) is 0 Å². The summed E-state index contributed by atoms with van der Waals surface area (Å²) in [4.78, 5) is 4.31. The lowest BCUT2D eigenvalue weighted by Crippen LogP contribution is -2.45. The van der Waals surface area contributed by atoms with Gasteiger partial charge in [-0.25, -0.2) is 0 Å². The van der Waals surface area contributed by atoms with E-state index in [9.17, 15) is 5.11 Å². The van der Waals surface area contributed by atoms with Crippen LogP contribution in [0.5, 0.6) is 0 Å². The summed E-state index contributed by atoms with van der Waals surface area (Å²) in [6.07, 6.45) is 5.63. The molecule has 0 radical (unpaired) electrons. The monoisotopic (exact) mass is 283 g/mol. The number of nitrogens with one attached hydrogen (secondary N) is 2. The Labute approximate surface area is 122 Å². The Bertz CT molecular complexity index is 327. The van der Waals surface area contributed by atoms with Gasteiger partial charge in [0.1, 0.15) is 0 Å². The van der Waals surface area contributed by atoms with Crippen LogP contribution in [0.15, 0.2) is 4.99 Å². The van der Waals surface area contributed by atoms with Crippen molar-refractivity contribution < 1.29 is 9.84 Å². The highest BCUT2D eigenvalue weighted by atomic mass is 16.5. The van der Waals surface area contributed by atoms with Gasteiger partial charge < -0.3 is 20.5 Å². The van der Waals surface area contributed by atoms with Crippen LogP contribution in [0.25, 0.3) is 0 Å². The molecule has 0 aromatic carbocycles. The minimum Gasteiger partial charge on any atom is -0.396 e. The van der Waals surface area contributed by atoms with Crippen LogP contribution in [-0.4, -0.2) is 50.5 Å². The van der Waals surface area contributed by atoms with Crippen molar-refractivity contribution in [3.8, 4) is 0 Å². The predicted octanol–water partition coefficient (Wildman–Crippen LogP) is 1.13. The maximum Gasteiger partial charge on any atom is 0.191 e. The molecule has 1 saturated heterocycles. The van der Waals surface area contributed by atoms with E-state index in [-0.39, 0.29) is 12.0 Å². The Morgan fingerprint density at radius 2 is 2.35 bits per heavy atom. The highest BCUT2D eigenvalue weighted by Crippen LogP contribution is 2.34. The smallest absolute Gasteiger partial charge is 0.191 e. The van der Waals surface area contributed by atoms with Crippen molar-refractivity contribution in [1.29, 1.82) is 0 Å². The number of aliphatic hydroxyl groups excluding tert-OH is 1. The predicted molar refractivity (Wildman–Crippen MR) is 80.9 cm³/mol. The first-order valence-corrected chi connectivity index (χ1v) is 7.89. The number of aliphatic hydroxyl groups is 1. The largest absolute Gasteiger partial charge is 0.396 e. The van der Waals surface area contributed by atoms with Crippen LogP contribution < -0.4 is 10.6 Å². The lowest BCUT2D eigenvalue weighted by atomic mass is 9.84. The molecule has 20 heavy (non-hydrogen) atoms. The van der Waals surface area contributed by atoms with Gasteiger partial charge >= 0.3 is 0 Å². The van der Waals surface area contributed by atoms with Gasteiger partial charge in [0.15, 0.2) is 5.96 Å². The number of nitrogens with zero attached hydrogens (tertiary/aromatic N) is 1. The minimum absolute atomic E-state index is 0.0682. The second-order valence-corrected chi connectivity index (χ2v) is 6.24. The summed E-state index contributed by atoms with van der Waals surface area (Å²) >= 11 is 0. The zero-order chi connectivity index (χ0) is 14.4. The first kappa shape index (κ1) is 15.6. The van der Waals surface area contributed by atoms with Crippen LogP contribution in [0, 0.1) is 11.3 Å². The Kier molecular flexibility index (Phi) is 5.66. The van der Waals surface area contributed by atoms with Crippen LogP contribution in [-0.2, 0) is 4.74 Å². The average molecular weight is 283 g/mol. The molecule has 0 bridgehead atoms. The first-order valence-electron chi connectivity index (χ1n) is 7.89. The van der Waals surface area contributed by atoms with E-state index >= 15 is 0 Å². The van der Waals surface area contributed by atoms with Gasteiger partial charge in [-0.1, -0.05) is 13.3 Å². The molecular formula is C15H29N3O2. The molecule has 3 unspecified atom stereocenters. The number of aliphatic imine (C=N–C) groups is 1. The number of guanidine groups is 1. The fraction of sp³-hybridized carbons (Fsp3) is 0.933. The normalized spacial score (nSPS) is 33.2. The van der Waals surface area contributed by atoms with Gasteiger partial charge in [0.2, 0.25) is 0 Å². The number of hydrogen-bond acceptors (Lipinski definition) is 3. The van der Waals surface area contributed by atoms with Crippen molar-refractivity contribution in [1.82, 2.24) is 10.6 Å².